The average molecular weight is 358 g/mol. The fourth-order valence-electron chi connectivity index (χ4n) is 3.67. The molecule has 26 heavy (non-hydrogen) atoms. The summed E-state index contributed by atoms with van der Waals surface area (Å²) in [6.07, 6.45) is 2.88. The molecular formula is C19H23FN4O2. The normalized spacial score (nSPS) is 17.3. The number of carbonyl (C=O) groups excluding carboxylic acids is 2. The van der Waals surface area contributed by atoms with Crippen molar-refractivity contribution in [2.45, 2.75) is 32.7 Å². The first kappa shape index (κ1) is 18.0. The van der Waals surface area contributed by atoms with Crippen LogP contribution >= 0.6 is 0 Å². The van der Waals surface area contributed by atoms with Crippen LogP contribution in [0, 0.1) is 19.7 Å². The van der Waals surface area contributed by atoms with Gasteiger partial charge in [-0.3, -0.25) is 9.59 Å². The number of nitrogens with two attached hydrogens (primary N) is 1. The van der Waals surface area contributed by atoms with Crippen LogP contribution in [-0.2, 0) is 4.79 Å². The average Bonchev–Trinajstić information content (AvgIpc) is 2.89. The summed E-state index contributed by atoms with van der Waals surface area (Å²) in [7, 11) is 0. The van der Waals surface area contributed by atoms with Crippen molar-refractivity contribution < 1.29 is 14.0 Å². The Labute approximate surface area is 151 Å². The highest BCUT2D eigenvalue weighted by Gasteiger charge is 2.27. The molecule has 7 heteroatoms. The van der Waals surface area contributed by atoms with E-state index in [9.17, 15) is 9.59 Å². The van der Waals surface area contributed by atoms with Gasteiger partial charge in [0, 0.05) is 30.2 Å². The minimum absolute atomic E-state index is 0.0835. The standard InChI is InChI=1S/C19H23FN4O2/c1-4-15(25)23-12-6-5-7-24(9-12)18-14(20)8-13(19(21)26)17-16(18)10(2)11(3)22-17/h4,8,12,22H,1,5-7,9H2,2-3H3,(H2,21,26)(H,23,25)/t12-/m0/s1. The Bertz CT molecular complexity index is 903. The van der Waals surface area contributed by atoms with Crippen LogP contribution in [0.15, 0.2) is 18.7 Å². The molecular weight excluding hydrogens is 335 g/mol. The number of nitrogens with one attached hydrogen (secondary N) is 2. The van der Waals surface area contributed by atoms with Gasteiger partial charge < -0.3 is 20.9 Å². The van der Waals surface area contributed by atoms with Gasteiger partial charge in [0.25, 0.3) is 5.91 Å². The van der Waals surface area contributed by atoms with Gasteiger partial charge in [-0.25, -0.2) is 4.39 Å². The van der Waals surface area contributed by atoms with E-state index in [4.69, 9.17) is 5.73 Å². The van der Waals surface area contributed by atoms with Gasteiger partial charge >= 0.3 is 0 Å². The number of aryl methyl sites for hydroxylation is 2. The van der Waals surface area contributed by atoms with Gasteiger partial charge in [-0.2, -0.15) is 0 Å². The maximum atomic E-state index is 15.0. The van der Waals surface area contributed by atoms with Gasteiger partial charge in [0.1, 0.15) is 5.82 Å². The van der Waals surface area contributed by atoms with Gasteiger partial charge in [-0.05, 0) is 44.4 Å². The maximum absolute atomic E-state index is 15.0. The second-order valence-electron chi connectivity index (χ2n) is 6.74. The van der Waals surface area contributed by atoms with Crippen LogP contribution in [0.1, 0.15) is 34.5 Å². The lowest BCUT2D eigenvalue weighted by Gasteiger charge is -2.35. The number of aromatic amines is 1. The van der Waals surface area contributed by atoms with E-state index in [1.165, 1.54) is 12.1 Å². The smallest absolute Gasteiger partial charge is 0.250 e. The third-order valence-electron chi connectivity index (χ3n) is 5.04. The number of amides is 2. The van der Waals surface area contributed by atoms with E-state index in [-0.39, 0.29) is 17.5 Å². The van der Waals surface area contributed by atoms with E-state index in [1.807, 2.05) is 18.7 Å². The number of anilines is 1. The molecule has 0 spiro atoms. The number of aromatic nitrogens is 1. The third-order valence-corrected chi connectivity index (χ3v) is 5.04. The molecule has 1 saturated heterocycles. The van der Waals surface area contributed by atoms with E-state index in [1.54, 1.807) is 0 Å². The van der Waals surface area contributed by atoms with Crippen molar-refractivity contribution >= 4 is 28.4 Å². The predicted molar refractivity (Wildman–Crippen MR) is 99.8 cm³/mol. The van der Waals surface area contributed by atoms with Crippen LogP contribution < -0.4 is 16.0 Å². The molecule has 3 rings (SSSR count). The van der Waals surface area contributed by atoms with Gasteiger partial charge in [0.2, 0.25) is 5.91 Å². The lowest BCUT2D eigenvalue weighted by atomic mass is 10.0. The van der Waals surface area contributed by atoms with E-state index >= 15 is 4.39 Å². The first-order valence-electron chi connectivity index (χ1n) is 8.62. The number of fused-ring (bicyclic) bond motifs is 1. The molecule has 6 nitrogen and oxygen atoms in total. The summed E-state index contributed by atoms with van der Waals surface area (Å²) in [6.45, 7) is 8.40. The van der Waals surface area contributed by atoms with Crippen molar-refractivity contribution in [3.05, 3.63) is 41.4 Å². The molecule has 0 bridgehead atoms. The Morgan fingerprint density at radius 1 is 1.46 bits per heavy atom. The molecule has 2 amide bonds. The number of hydrogen-bond acceptors (Lipinski definition) is 3. The summed E-state index contributed by atoms with van der Waals surface area (Å²) in [6, 6.07) is 1.11. The Morgan fingerprint density at radius 2 is 2.19 bits per heavy atom. The summed E-state index contributed by atoms with van der Waals surface area (Å²) in [5, 5.41) is 3.56. The van der Waals surface area contributed by atoms with Crippen LogP contribution in [0.2, 0.25) is 0 Å². The lowest BCUT2D eigenvalue weighted by molar-refractivity contribution is -0.117. The number of halogens is 1. The summed E-state index contributed by atoms with van der Waals surface area (Å²) in [5.74, 6) is -1.39. The molecule has 1 atom stereocenters. The minimum Gasteiger partial charge on any atom is -0.367 e. The van der Waals surface area contributed by atoms with Crippen LogP contribution in [0.5, 0.6) is 0 Å². The van der Waals surface area contributed by atoms with Gasteiger partial charge in [0.05, 0.1) is 16.8 Å². The molecule has 4 N–H and O–H groups in total. The van der Waals surface area contributed by atoms with Crippen molar-refractivity contribution in [2.24, 2.45) is 5.73 Å². The van der Waals surface area contributed by atoms with Crippen molar-refractivity contribution in [1.82, 2.24) is 10.3 Å². The highest BCUT2D eigenvalue weighted by atomic mass is 19.1. The predicted octanol–water partition coefficient (Wildman–Crippen LogP) is 2.29. The molecule has 1 aliphatic rings. The molecule has 0 radical (unpaired) electrons. The molecule has 1 aliphatic heterocycles. The van der Waals surface area contributed by atoms with Crippen molar-refractivity contribution in [2.75, 3.05) is 18.0 Å². The number of piperidine rings is 1. The van der Waals surface area contributed by atoms with Gasteiger partial charge in [0.15, 0.2) is 0 Å². The topological polar surface area (TPSA) is 91.2 Å². The number of primary amides is 1. The molecule has 2 heterocycles. The van der Waals surface area contributed by atoms with Crippen LogP contribution in [0.25, 0.3) is 10.9 Å². The summed E-state index contributed by atoms with van der Waals surface area (Å²) < 4.78 is 15.0. The number of hydrogen-bond donors (Lipinski definition) is 3. The van der Waals surface area contributed by atoms with Crippen LogP contribution in [-0.4, -0.2) is 35.9 Å². The SMILES string of the molecule is C=CC(=O)N[C@H]1CCCN(c2c(F)cc(C(N)=O)c3[nH]c(C)c(C)c23)C1. The quantitative estimate of drug-likeness (QED) is 0.733. The third kappa shape index (κ3) is 3.05. The Balaban J connectivity index is 2.08. The summed E-state index contributed by atoms with van der Waals surface area (Å²) in [5.41, 5.74) is 8.33. The zero-order chi connectivity index (χ0) is 19.0. The van der Waals surface area contributed by atoms with Gasteiger partial charge in [-0.1, -0.05) is 6.58 Å². The minimum atomic E-state index is -0.670. The van der Waals surface area contributed by atoms with Crippen molar-refractivity contribution in [1.29, 1.82) is 0 Å². The summed E-state index contributed by atoms with van der Waals surface area (Å²) in [4.78, 5) is 28.4. The first-order valence-corrected chi connectivity index (χ1v) is 8.62. The first-order chi connectivity index (χ1) is 12.3. The molecule has 0 unspecified atom stereocenters. The highest BCUT2D eigenvalue weighted by molar-refractivity contribution is 6.10. The number of benzene rings is 1. The number of rotatable bonds is 4. The largest absolute Gasteiger partial charge is 0.367 e. The molecule has 138 valence electrons. The number of carbonyl (C=O) groups is 2. The van der Waals surface area contributed by atoms with Gasteiger partial charge in [-0.15, -0.1) is 0 Å². The zero-order valence-corrected chi connectivity index (χ0v) is 15.0. The molecule has 1 aromatic heterocycles. The van der Waals surface area contributed by atoms with Crippen LogP contribution in [0.3, 0.4) is 0 Å². The fraction of sp³-hybridized carbons (Fsp3) is 0.368. The van der Waals surface area contributed by atoms with E-state index in [0.717, 1.165) is 24.1 Å². The zero-order valence-electron chi connectivity index (χ0n) is 15.0. The molecule has 0 saturated carbocycles. The van der Waals surface area contributed by atoms with Crippen molar-refractivity contribution in [3.63, 3.8) is 0 Å². The van der Waals surface area contributed by atoms with E-state index in [2.05, 4.69) is 16.9 Å². The Hall–Kier alpha value is -2.83. The highest BCUT2D eigenvalue weighted by Crippen LogP contribution is 2.37. The lowest BCUT2D eigenvalue weighted by Crippen LogP contribution is -2.47. The summed E-state index contributed by atoms with van der Waals surface area (Å²) >= 11 is 0. The van der Waals surface area contributed by atoms with E-state index in [0.29, 0.717) is 29.7 Å². The van der Waals surface area contributed by atoms with Crippen LogP contribution in [0.4, 0.5) is 10.1 Å². The fourth-order valence-corrected chi connectivity index (χ4v) is 3.67. The second-order valence-corrected chi connectivity index (χ2v) is 6.74. The number of nitrogens with zero attached hydrogens (tertiary/aromatic N) is 1. The maximum Gasteiger partial charge on any atom is 0.250 e. The molecule has 2 aromatic rings. The van der Waals surface area contributed by atoms with E-state index < -0.39 is 11.7 Å². The Kier molecular flexibility index (Phi) is 4.71. The molecule has 0 aliphatic carbocycles. The van der Waals surface area contributed by atoms with Crippen molar-refractivity contribution in [3.8, 4) is 0 Å². The number of H-pyrrole nitrogens is 1. The molecule has 1 fully saturated rings. The monoisotopic (exact) mass is 358 g/mol. The molecule has 1 aromatic carbocycles. The second kappa shape index (κ2) is 6.82. The Morgan fingerprint density at radius 3 is 2.85 bits per heavy atom.